The zero-order chi connectivity index (χ0) is 13.4. The van der Waals surface area contributed by atoms with Gasteiger partial charge in [-0.25, -0.2) is 4.98 Å². The summed E-state index contributed by atoms with van der Waals surface area (Å²) in [6, 6.07) is 3.68. The van der Waals surface area contributed by atoms with Gasteiger partial charge in [-0.2, -0.15) is 0 Å². The van der Waals surface area contributed by atoms with Crippen LogP contribution in [0.25, 0.3) is 0 Å². The number of thiocarbonyl (C=S) groups is 1. The quantitative estimate of drug-likeness (QED) is 0.579. The van der Waals surface area contributed by atoms with E-state index in [1.54, 1.807) is 6.07 Å². The van der Waals surface area contributed by atoms with Crippen LogP contribution in [0.4, 0.5) is 0 Å². The zero-order valence-electron chi connectivity index (χ0n) is 11.2. The molecule has 0 amide bonds. The number of pyridine rings is 1. The molecule has 0 spiro atoms. The van der Waals surface area contributed by atoms with Gasteiger partial charge in [-0.1, -0.05) is 44.8 Å². The van der Waals surface area contributed by atoms with Crippen LogP contribution in [0.2, 0.25) is 0 Å². The number of hydrogen-bond donors (Lipinski definition) is 1. The molecule has 100 valence electrons. The standard InChI is InChI=1S/C14H22N2OS/c1-3-4-5-6-7-8-17-13-10-12(14(15)18)9-11(2)16-13/h9-10H,3-8H2,1-2H3,(H2,15,18). The summed E-state index contributed by atoms with van der Waals surface area (Å²) in [4.78, 5) is 4.70. The molecule has 0 saturated heterocycles. The zero-order valence-corrected chi connectivity index (χ0v) is 12.1. The second kappa shape index (κ2) is 8.03. The van der Waals surface area contributed by atoms with E-state index in [0.29, 0.717) is 17.5 Å². The van der Waals surface area contributed by atoms with Crippen LogP contribution < -0.4 is 10.5 Å². The normalized spacial score (nSPS) is 10.3. The molecule has 1 rings (SSSR count). The summed E-state index contributed by atoms with van der Waals surface area (Å²) in [5.41, 5.74) is 7.30. The lowest BCUT2D eigenvalue weighted by Crippen LogP contribution is -2.11. The van der Waals surface area contributed by atoms with Crippen molar-refractivity contribution in [1.82, 2.24) is 4.98 Å². The van der Waals surface area contributed by atoms with Crippen molar-refractivity contribution < 1.29 is 4.74 Å². The van der Waals surface area contributed by atoms with Crippen LogP contribution in [-0.2, 0) is 0 Å². The smallest absolute Gasteiger partial charge is 0.214 e. The highest BCUT2D eigenvalue weighted by molar-refractivity contribution is 7.80. The number of aryl methyl sites for hydroxylation is 1. The molecule has 2 N–H and O–H groups in total. The van der Waals surface area contributed by atoms with Crippen LogP contribution in [0.5, 0.6) is 5.88 Å². The van der Waals surface area contributed by atoms with Gasteiger partial charge in [0.2, 0.25) is 5.88 Å². The fourth-order valence-corrected chi connectivity index (χ4v) is 1.85. The van der Waals surface area contributed by atoms with Crippen molar-refractivity contribution in [2.24, 2.45) is 5.73 Å². The molecule has 0 aliphatic carbocycles. The molecule has 0 saturated carbocycles. The van der Waals surface area contributed by atoms with Gasteiger partial charge in [0, 0.05) is 17.3 Å². The molecule has 0 bridgehead atoms. The summed E-state index contributed by atoms with van der Waals surface area (Å²) in [5.74, 6) is 0.619. The topological polar surface area (TPSA) is 48.1 Å². The summed E-state index contributed by atoms with van der Waals surface area (Å²) in [6.07, 6.45) is 6.12. The van der Waals surface area contributed by atoms with E-state index in [4.69, 9.17) is 22.7 Å². The van der Waals surface area contributed by atoms with E-state index in [0.717, 1.165) is 17.7 Å². The van der Waals surface area contributed by atoms with Gasteiger partial charge in [-0.15, -0.1) is 0 Å². The first-order chi connectivity index (χ1) is 8.63. The fraction of sp³-hybridized carbons (Fsp3) is 0.571. The lowest BCUT2D eigenvalue weighted by Gasteiger charge is -2.08. The summed E-state index contributed by atoms with van der Waals surface area (Å²) in [6.45, 7) is 4.83. The first-order valence-corrected chi connectivity index (χ1v) is 6.95. The molecule has 0 atom stereocenters. The van der Waals surface area contributed by atoms with Crippen LogP contribution in [-0.4, -0.2) is 16.6 Å². The molecule has 18 heavy (non-hydrogen) atoms. The van der Waals surface area contributed by atoms with Crippen molar-refractivity contribution in [3.63, 3.8) is 0 Å². The molecule has 1 heterocycles. The molecule has 0 aliphatic heterocycles. The first-order valence-electron chi connectivity index (χ1n) is 6.54. The summed E-state index contributed by atoms with van der Waals surface area (Å²) < 4.78 is 5.63. The summed E-state index contributed by atoms with van der Waals surface area (Å²) >= 11 is 4.96. The van der Waals surface area contributed by atoms with Crippen LogP contribution in [0.1, 0.15) is 50.3 Å². The Hall–Kier alpha value is -1.16. The van der Waals surface area contributed by atoms with E-state index in [9.17, 15) is 0 Å². The van der Waals surface area contributed by atoms with Crippen LogP contribution in [0, 0.1) is 6.92 Å². The van der Waals surface area contributed by atoms with Crippen molar-refractivity contribution in [2.75, 3.05) is 6.61 Å². The monoisotopic (exact) mass is 266 g/mol. The highest BCUT2D eigenvalue weighted by Gasteiger charge is 2.03. The Balaban J connectivity index is 2.40. The average Bonchev–Trinajstić information content (AvgIpc) is 2.33. The van der Waals surface area contributed by atoms with Crippen molar-refractivity contribution in [2.45, 2.75) is 46.0 Å². The third-order valence-electron chi connectivity index (χ3n) is 2.71. The van der Waals surface area contributed by atoms with Crippen LogP contribution >= 0.6 is 12.2 Å². The second-order valence-electron chi connectivity index (χ2n) is 4.46. The predicted octanol–water partition coefficient (Wildman–Crippen LogP) is 3.37. The maximum Gasteiger partial charge on any atom is 0.214 e. The minimum atomic E-state index is 0.383. The van der Waals surface area contributed by atoms with Crippen LogP contribution in [0.3, 0.4) is 0 Å². The SMILES string of the molecule is CCCCCCCOc1cc(C(N)=S)cc(C)n1. The second-order valence-corrected chi connectivity index (χ2v) is 4.90. The van der Waals surface area contributed by atoms with Crippen LogP contribution in [0.15, 0.2) is 12.1 Å². The van der Waals surface area contributed by atoms with Gasteiger partial charge in [-0.05, 0) is 19.4 Å². The Morgan fingerprint density at radius 3 is 2.67 bits per heavy atom. The van der Waals surface area contributed by atoms with Crippen molar-refractivity contribution in [1.29, 1.82) is 0 Å². The minimum Gasteiger partial charge on any atom is -0.478 e. The maximum absolute atomic E-state index is 5.63. The lowest BCUT2D eigenvalue weighted by atomic mass is 10.2. The molecule has 0 unspecified atom stereocenters. The molecule has 1 aromatic rings. The highest BCUT2D eigenvalue weighted by atomic mass is 32.1. The Morgan fingerprint density at radius 1 is 1.28 bits per heavy atom. The molecule has 0 radical (unpaired) electrons. The van der Waals surface area contributed by atoms with E-state index in [1.807, 2.05) is 13.0 Å². The predicted molar refractivity (Wildman–Crippen MR) is 79.1 cm³/mol. The Morgan fingerprint density at radius 2 is 2.00 bits per heavy atom. The van der Waals surface area contributed by atoms with E-state index in [2.05, 4.69) is 11.9 Å². The number of ether oxygens (including phenoxy) is 1. The molecule has 1 aromatic heterocycles. The molecule has 0 aliphatic rings. The number of unbranched alkanes of at least 4 members (excludes halogenated alkanes) is 4. The van der Waals surface area contributed by atoms with Crippen molar-refractivity contribution in [3.05, 3.63) is 23.4 Å². The Kier molecular flexibility index (Phi) is 6.65. The lowest BCUT2D eigenvalue weighted by molar-refractivity contribution is 0.293. The van der Waals surface area contributed by atoms with E-state index >= 15 is 0 Å². The van der Waals surface area contributed by atoms with Crippen molar-refractivity contribution in [3.8, 4) is 5.88 Å². The number of nitrogens with zero attached hydrogens (tertiary/aromatic N) is 1. The number of hydrogen-bond acceptors (Lipinski definition) is 3. The molecular formula is C14H22N2OS. The third-order valence-corrected chi connectivity index (χ3v) is 2.95. The van der Waals surface area contributed by atoms with Crippen molar-refractivity contribution >= 4 is 17.2 Å². The minimum absolute atomic E-state index is 0.383. The molecule has 0 fully saturated rings. The van der Waals surface area contributed by atoms with E-state index < -0.39 is 0 Å². The third kappa shape index (κ3) is 5.45. The molecular weight excluding hydrogens is 244 g/mol. The summed E-state index contributed by atoms with van der Waals surface area (Å²) in [5, 5.41) is 0. The van der Waals surface area contributed by atoms with Gasteiger partial charge in [-0.3, -0.25) is 0 Å². The van der Waals surface area contributed by atoms with Gasteiger partial charge >= 0.3 is 0 Å². The summed E-state index contributed by atoms with van der Waals surface area (Å²) in [7, 11) is 0. The molecule has 3 nitrogen and oxygen atoms in total. The number of rotatable bonds is 8. The van der Waals surface area contributed by atoms with E-state index in [-0.39, 0.29) is 0 Å². The van der Waals surface area contributed by atoms with Gasteiger partial charge in [0.05, 0.1) is 6.61 Å². The van der Waals surface area contributed by atoms with Gasteiger partial charge in [0.25, 0.3) is 0 Å². The average molecular weight is 266 g/mol. The highest BCUT2D eigenvalue weighted by Crippen LogP contribution is 2.13. The first kappa shape index (κ1) is 14.9. The van der Waals surface area contributed by atoms with E-state index in [1.165, 1.54) is 25.7 Å². The molecule has 4 heteroatoms. The van der Waals surface area contributed by atoms with Gasteiger partial charge in [0.1, 0.15) is 4.99 Å². The Labute approximate surface area is 115 Å². The van der Waals surface area contributed by atoms with Gasteiger partial charge < -0.3 is 10.5 Å². The number of nitrogens with two attached hydrogens (primary N) is 1. The molecule has 0 aromatic carbocycles. The largest absolute Gasteiger partial charge is 0.478 e. The Bertz CT molecular complexity index is 393. The van der Waals surface area contributed by atoms with Gasteiger partial charge in [0.15, 0.2) is 0 Å². The maximum atomic E-state index is 5.63. The fourth-order valence-electron chi connectivity index (χ4n) is 1.74. The number of aromatic nitrogens is 1.